The predicted molar refractivity (Wildman–Crippen MR) is 93.8 cm³/mol. The summed E-state index contributed by atoms with van der Waals surface area (Å²) in [6.45, 7) is 0.0267. The molecule has 1 aliphatic carbocycles. The van der Waals surface area contributed by atoms with Crippen molar-refractivity contribution in [2.24, 2.45) is 10.9 Å². The fourth-order valence-corrected chi connectivity index (χ4v) is 3.58. The number of amides is 1. The van der Waals surface area contributed by atoms with E-state index >= 15 is 0 Å². The first kappa shape index (κ1) is 17.5. The van der Waals surface area contributed by atoms with Crippen LogP contribution in [0.25, 0.3) is 6.08 Å². The second kappa shape index (κ2) is 6.92. The fraction of sp³-hybridized carbons (Fsp3) is 0.556. The number of hydrogen-bond donors (Lipinski definition) is 3. The third kappa shape index (κ3) is 3.71. The summed E-state index contributed by atoms with van der Waals surface area (Å²) in [4.78, 5) is 16.0. The number of benzene rings is 1. The molecule has 0 bridgehead atoms. The van der Waals surface area contributed by atoms with Crippen LogP contribution in [0.5, 0.6) is 5.75 Å². The summed E-state index contributed by atoms with van der Waals surface area (Å²) < 4.78 is 10.3. The molecule has 136 valence electrons. The van der Waals surface area contributed by atoms with Gasteiger partial charge >= 0.3 is 6.09 Å². The maximum atomic E-state index is 11.2. The Hall–Kier alpha value is -2.28. The predicted octanol–water partition coefficient (Wildman–Crippen LogP) is 0.337. The molecule has 7 nitrogen and oxygen atoms in total. The zero-order valence-electron chi connectivity index (χ0n) is 14.6. The van der Waals surface area contributed by atoms with E-state index in [1.54, 1.807) is 7.11 Å². The van der Waals surface area contributed by atoms with Crippen molar-refractivity contribution in [1.82, 2.24) is 5.32 Å². The van der Waals surface area contributed by atoms with E-state index in [1.165, 1.54) is 7.05 Å². The Labute approximate surface area is 146 Å². The first-order chi connectivity index (χ1) is 11.9. The van der Waals surface area contributed by atoms with Crippen molar-refractivity contribution in [1.29, 1.82) is 0 Å². The van der Waals surface area contributed by atoms with Crippen molar-refractivity contribution in [3.05, 3.63) is 22.7 Å². The quantitative estimate of drug-likeness (QED) is 0.681. The van der Waals surface area contributed by atoms with E-state index in [0.717, 1.165) is 23.4 Å². The van der Waals surface area contributed by atoms with Gasteiger partial charge in [-0.05, 0) is 37.7 Å². The van der Waals surface area contributed by atoms with Crippen molar-refractivity contribution in [2.45, 2.75) is 37.3 Å². The van der Waals surface area contributed by atoms with Crippen LogP contribution in [0.3, 0.4) is 0 Å². The van der Waals surface area contributed by atoms with E-state index in [9.17, 15) is 9.90 Å². The highest BCUT2D eigenvalue weighted by Gasteiger charge is 2.37. The molecule has 7 heteroatoms. The molecule has 1 aromatic carbocycles. The Bertz CT molecular complexity index is 769. The summed E-state index contributed by atoms with van der Waals surface area (Å²) in [6.07, 6.45) is 4.47. The normalized spacial score (nSPS) is 27.6. The van der Waals surface area contributed by atoms with Gasteiger partial charge in [0.1, 0.15) is 12.4 Å². The number of carbonyl (C=O) groups is 1. The molecule has 1 atom stereocenters. The number of carbonyl (C=O) groups excluding carboxylic acids is 1. The molecule has 25 heavy (non-hydrogen) atoms. The average Bonchev–Trinajstić information content (AvgIpc) is 3.02. The Morgan fingerprint density at radius 2 is 2.16 bits per heavy atom. The third-order valence-corrected chi connectivity index (χ3v) is 5.14. The van der Waals surface area contributed by atoms with E-state index in [0.29, 0.717) is 30.2 Å². The smallest absolute Gasteiger partial charge is 0.406 e. The van der Waals surface area contributed by atoms with Crippen molar-refractivity contribution in [3.63, 3.8) is 0 Å². The number of nitrogens with one attached hydrogen (secondary N) is 1. The molecule has 1 saturated carbocycles. The van der Waals surface area contributed by atoms with E-state index < -0.39 is 11.7 Å². The number of ether oxygens (including phenoxy) is 2. The van der Waals surface area contributed by atoms with Gasteiger partial charge < -0.3 is 25.6 Å². The van der Waals surface area contributed by atoms with E-state index in [2.05, 4.69) is 11.4 Å². The van der Waals surface area contributed by atoms with Gasteiger partial charge in [0.15, 0.2) is 0 Å². The van der Waals surface area contributed by atoms with Gasteiger partial charge in [-0.3, -0.25) is 4.99 Å². The van der Waals surface area contributed by atoms with Gasteiger partial charge in [-0.25, -0.2) is 4.79 Å². The molecule has 0 aromatic heterocycles. The molecule has 0 spiro atoms. The first-order valence-electron chi connectivity index (χ1n) is 8.54. The highest BCUT2D eigenvalue weighted by Crippen LogP contribution is 2.35. The van der Waals surface area contributed by atoms with E-state index in [-0.39, 0.29) is 12.6 Å². The summed E-state index contributed by atoms with van der Waals surface area (Å²) in [6, 6.07) is 3.86. The number of nitrogen functional groups attached to an aromatic ring is 1. The average molecular weight is 347 g/mol. The molecule has 3 rings (SSSR count). The summed E-state index contributed by atoms with van der Waals surface area (Å²) in [5.74, 6) is 1.00. The molecule has 1 heterocycles. The Balaban J connectivity index is 1.65. The Morgan fingerprint density at radius 3 is 2.80 bits per heavy atom. The second-order valence-corrected chi connectivity index (χ2v) is 6.83. The monoisotopic (exact) mass is 347 g/mol. The van der Waals surface area contributed by atoms with Gasteiger partial charge in [0.2, 0.25) is 0 Å². The lowest BCUT2D eigenvalue weighted by Gasteiger charge is -2.36. The molecule has 0 radical (unpaired) electrons. The van der Waals surface area contributed by atoms with Crippen LogP contribution >= 0.6 is 0 Å². The number of anilines is 1. The highest BCUT2D eigenvalue weighted by atomic mass is 16.6. The SMILES string of the molecule is CNC(=O)OCC1(O)CCC(C2C=c3cc(N)c(OC)cc3=N2)CC1. The second-order valence-electron chi connectivity index (χ2n) is 6.83. The number of nitrogens with two attached hydrogens (primary N) is 1. The van der Waals surface area contributed by atoms with Gasteiger partial charge in [0.25, 0.3) is 0 Å². The van der Waals surface area contributed by atoms with E-state index in [4.69, 9.17) is 20.2 Å². The van der Waals surface area contributed by atoms with Crippen LogP contribution in [0.1, 0.15) is 25.7 Å². The maximum Gasteiger partial charge on any atom is 0.406 e. The van der Waals surface area contributed by atoms with E-state index in [1.807, 2.05) is 12.1 Å². The molecule has 2 aliphatic rings. The summed E-state index contributed by atoms with van der Waals surface area (Å²) >= 11 is 0. The lowest BCUT2D eigenvalue weighted by atomic mass is 9.76. The number of fused-ring (bicyclic) bond motifs is 1. The van der Waals surface area contributed by atoms with Crippen LogP contribution in [0.4, 0.5) is 10.5 Å². The largest absolute Gasteiger partial charge is 0.495 e. The summed E-state index contributed by atoms with van der Waals surface area (Å²) in [7, 11) is 3.09. The maximum absolute atomic E-state index is 11.2. The summed E-state index contributed by atoms with van der Waals surface area (Å²) in [5, 5.41) is 14.9. The number of alkyl carbamates (subject to hydrolysis) is 1. The van der Waals surface area contributed by atoms with Crippen LogP contribution < -0.4 is 26.4 Å². The Morgan fingerprint density at radius 1 is 1.44 bits per heavy atom. The van der Waals surface area contributed by atoms with Crippen LogP contribution in [0.2, 0.25) is 0 Å². The van der Waals surface area contributed by atoms with Crippen molar-refractivity contribution in [3.8, 4) is 5.75 Å². The van der Waals surface area contributed by atoms with Crippen LogP contribution in [-0.2, 0) is 4.74 Å². The number of aliphatic hydroxyl groups is 1. The van der Waals surface area contributed by atoms with Gasteiger partial charge in [-0.2, -0.15) is 0 Å². The topological polar surface area (TPSA) is 106 Å². The third-order valence-electron chi connectivity index (χ3n) is 5.14. The molecule has 4 N–H and O–H groups in total. The van der Waals surface area contributed by atoms with Crippen LogP contribution in [0, 0.1) is 5.92 Å². The minimum atomic E-state index is -0.942. The molecule has 0 saturated heterocycles. The molecule has 1 fully saturated rings. The molecule has 1 aliphatic heterocycles. The zero-order valence-corrected chi connectivity index (χ0v) is 14.6. The van der Waals surface area contributed by atoms with Gasteiger partial charge in [0.05, 0.1) is 29.8 Å². The standard InChI is InChI=1S/C18H25N3O4/c1-20-17(22)25-10-18(23)5-3-11(4-6-18)14-8-12-7-13(19)16(24-2)9-15(12)21-14/h7-9,11,14,23H,3-6,10,19H2,1-2H3,(H,20,22). The van der Waals surface area contributed by atoms with Crippen molar-refractivity contribution >= 4 is 17.9 Å². The number of hydrogen-bond acceptors (Lipinski definition) is 6. The lowest BCUT2D eigenvalue weighted by Crippen LogP contribution is -2.41. The fourth-order valence-electron chi connectivity index (χ4n) is 3.58. The van der Waals surface area contributed by atoms with Crippen molar-refractivity contribution in [2.75, 3.05) is 26.5 Å². The lowest BCUT2D eigenvalue weighted by molar-refractivity contribution is -0.0561. The molecule has 1 amide bonds. The number of nitrogens with zero attached hydrogens (tertiary/aromatic N) is 1. The first-order valence-corrected chi connectivity index (χ1v) is 8.54. The van der Waals surface area contributed by atoms with Crippen LogP contribution in [0.15, 0.2) is 17.1 Å². The molecular formula is C18H25N3O4. The van der Waals surface area contributed by atoms with Gasteiger partial charge in [0, 0.05) is 18.3 Å². The molecular weight excluding hydrogens is 322 g/mol. The van der Waals surface area contributed by atoms with Gasteiger partial charge in [-0.1, -0.05) is 6.08 Å². The Kier molecular flexibility index (Phi) is 4.85. The highest BCUT2D eigenvalue weighted by molar-refractivity contribution is 5.66. The minimum Gasteiger partial charge on any atom is -0.495 e. The minimum absolute atomic E-state index is 0.0267. The van der Waals surface area contributed by atoms with Gasteiger partial charge in [-0.15, -0.1) is 0 Å². The molecule has 1 aromatic rings. The number of methoxy groups -OCH3 is 1. The van der Waals surface area contributed by atoms with Crippen molar-refractivity contribution < 1.29 is 19.4 Å². The number of rotatable bonds is 4. The zero-order chi connectivity index (χ0) is 18.0. The summed E-state index contributed by atoms with van der Waals surface area (Å²) in [5.41, 5.74) is 5.63. The van der Waals surface area contributed by atoms with Crippen LogP contribution in [-0.4, -0.2) is 43.6 Å². The molecule has 1 unspecified atom stereocenters.